The lowest BCUT2D eigenvalue weighted by atomic mass is 9.96. The summed E-state index contributed by atoms with van der Waals surface area (Å²) < 4.78 is 10.5. The molecule has 1 fully saturated rings. The third kappa shape index (κ3) is 4.58. The highest BCUT2D eigenvalue weighted by Gasteiger charge is 2.20. The molecule has 0 radical (unpaired) electrons. The molecule has 0 unspecified atom stereocenters. The molecule has 1 aliphatic rings. The Morgan fingerprint density at radius 1 is 1.43 bits per heavy atom. The van der Waals surface area contributed by atoms with Crippen LogP contribution in [0.2, 0.25) is 0 Å². The molecule has 0 aliphatic carbocycles. The number of methoxy groups -OCH3 is 1. The van der Waals surface area contributed by atoms with Gasteiger partial charge in [-0.3, -0.25) is 4.79 Å². The minimum absolute atomic E-state index is 0.0221. The molecule has 0 spiro atoms. The third-order valence-corrected chi connectivity index (χ3v) is 4.16. The summed E-state index contributed by atoms with van der Waals surface area (Å²) in [5.41, 5.74) is 0.657. The molecule has 118 valence electrons. The van der Waals surface area contributed by atoms with Crippen molar-refractivity contribution in [3.8, 4) is 0 Å². The standard InChI is InChI=1S/C16H26N2O3/c1-12-10-15(13(2)21-12)16(19)17-11-14-4-6-18(7-5-14)8-9-20-3/h10,14H,4-9,11H2,1-3H3,(H,17,19). The summed E-state index contributed by atoms with van der Waals surface area (Å²) >= 11 is 0. The van der Waals surface area contributed by atoms with Gasteiger partial charge in [-0.2, -0.15) is 0 Å². The number of amides is 1. The normalized spacial score (nSPS) is 17.1. The molecule has 2 rings (SSSR count). The SMILES string of the molecule is COCCN1CCC(CNC(=O)c2cc(C)oc2C)CC1. The Morgan fingerprint density at radius 2 is 2.14 bits per heavy atom. The first-order valence-corrected chi connectivity index (χ1v) is 7.66. The van der Waals surface area contributed by atoms with Gasteiger partial charge in [0.05, 0.1) is 12.2 Å². The predicted molar refractivity (Wildman–Crippen MR) is 81.6 cm³/mol. The van der Waals surface area contributed by atoms with Gasteiger partial charge in [-0.25, -0.2) is 0 Å². The molecule has 1 aromatic heterocycles. The van der Waals surface area contributed by atoms with Gasteiger partial charge in [0.15, 0.2) is 0 Å². The quantitative estimate of drug-likeness (QED) is 0.871. The van der Waals surface area contributed by atoms with Crippen LogP contribution in [0.4, 0.5) is 0 Å². The Labute approximate surface area is 126 Å². The molecule has 5 heteroatoms. The zero-order chi connectivity index (χ0) is 15.2. The van der Waals surface area contributed by atoms with E-state index in [4.69, 9.17) is 9.15 Å². The number of carbonyl (C=O) groups excluding carboxylic acids is 1. The van der Waals surface area contributed by atoms with Gasteiger partial charge in [-0.15, -0.1) is 0 Å². The van der Waals surface area contributed by atoms with Crippen molar-refractivity contribution in [3.05, 3.63) is 23.2 Å². The first kappa shape index (κ1) is 16.0. The fourth-order valence-electron chi connectivity index (χ4n) is 2.82. The lowest BCUT2D eigenvalue weighted by Crippen LogP contribution is -2.39. The minimum Gasteiger partial charge on any atom is -0.466 e. The number of ether oxygens (including phenoxy) is 1. The van der Waals surface area contributed by atoms with E-state index >= 15 is 0 Å². The number of furan rings is 1. The Kier molecular flexibility index (Phi) is 5.82. The van der Waals surface area contributed by atoms with Crippen LogP contribution in [0.5, 0.6) is 0 Å². The highest BCUT2D eigenvalue weighted by Crippen LogP contribution is 2.17. The van der Waals surface area contributed by atoms with Crippen molar-refractivity contribution in [2.24, 2.45) is 5.92 Å². The van der Waals surface area contributed by atoms with E-state index in [1.165, 1.54) is 0 Å². The third-order valence-electron chi connectivity index (χ3n) is 4.16. The van der Waals surface area contributed by atoms with E-state index in [0.29, 0.717) is 17.2 Å². The van der Waals surface area contributed by atoms with Crippen LogP contribution in [0.3, 0.4) is 0 Å². The van der Waals surface area contributed by atoms with Crippen LogP contribution in [0, 0.1) is 19.8 Å². The smallest absolute Gasteiger partial charge is 0.254 e. The number of nitrogens with zero attached hydrogens (tertiary/aromatic N) is 1. The highest BCUT2D eigenvalue weighted by molar-refractivity contribution is 5.95. The maximum absolute atomic E-state index is 12.1. The van der Waals surface area contributed by atoms with Crippen LogP contribution in [-0.2, 0) is 4.74 Å². The zero-order valence-corrected chi connectivity index (χ0v) is 13.3. The molecular weight excluding hydrogens is 268 g/mol. The summed E-state index contributed by atoms with van der Waals surface area (Å²) in [6.07, 6.45) is 2.26. The predicted octanol–water partition coefficient (Wildman–Crippen LogP) is 1.98. The number of hydrogen-bond donors (Lipinski definition) is 1. The molecular formula is C16H26N2O3. The molecule has 1 aromatic rings. The Balaban J connectivity index is 1.72. The van der Waals surface area contributed by atoms with Crippen LogP contribution in [-0.4, -0.2) is 50.7 Å². The molecule has 0 bridgehead atoms. The largest absolute Gasteiger partial charge is 0.466 e. The van der Waals surface area contributed by atoms with Crippen molar-refractivity contribution in [2.45, 2.75) is 26.7 Å². The van der Waals surface area contributed by atoms with Crippen molar-refractivity contribution < 1.29 is 13.9 Å². The van der Waals surface area contributed by atoms with Gasteiger partial charge in [0.25, 0.3) is 5.91 Å². The molecule has 1 saturated heterocycles. The second-order valence-electron chi connectivity index (χ2n) is 5.81. The minimum atomic E-state index is -0.0221. The zero-order valence-electron chi connectivity index (χ0n) is 13.3. The van der Waals surface area contributed by atoms with Gasteiger partial charge in [0.1, 0.15) is 11.5 Å². The lowest BCUT2D eigenvalue weighted by molar-refractivity contribution is 0.0924. The number of aryl methyl sites for hydroxylation is 2. The van der Waals surface area contributed by atoms with Crippen molar-refractivity contribution in [3.63, 3.8) is 0 Å². The van der Waals surface area contributed by atoms with Gasteiger partial charge >= 0.3 is 0 Å². The van der Waals surface area contributed by atoms with E-state index in [0.717, 1.165) is 51.4 Å². The maximum atomic E-state index is 12.1. The van der Waals surface area contributed by atoms with Crippen LogP contribution >= 0.6 is 0 Å². The molecule has 0 atom stereocenters. The second kappa shape index (κ2) is 7.61. The van der Waals surface area contributed by atoms with E-state index in [2.05, 4.69) is 10.2 Å². The number of hydrogen-bond acceptors (Lipinski definition) is 4. The van der Waals surface area contributed by atoms with E-state index in [1.807, 2.05) is 13.8 Å². The average molecular weight is 294 g/mol. The Bertz CT molecular complexity index is 462. The topological polar surface area (TPSA) is 54.7 Å². The van der Waals surface area contributed by atoms with E-state index < -0.39 is 0 Å². The highest BCUT2D eigenvalue weighted by atomic mass is 16.5. The fourth-order valence-corrected chi connectivity index (χ4v) is 2.82. The summed E-state index contributed by atoms with van der Waals surface area (Å²) in [5.74, 6) is 2.02. The van der Waals surface area contributed by atoms with Crippen LogP contribution in [0.1, 0.15) is 34.7 Å². The van der Waals surface area contributed by atoms with Crippen LogP contribution < -0.4 is 5.32 Å². The van der Waals surface area contributed by atoms with Gasteiger partial charge in [-0.1, -0.05) is 0 Å². The van der Waals surface area contributed by atoms with Crippen molar-refractivity contribution in [1.29, 1.82) is 0 Å². The Morgan fingerprint density at radius 3 is 2.71 bits per heavy atom. The van der Waals surface area contributed by atoms with Crippen molar-refractivity contribution >= 4 is 5.91 Å². The number of rotatable bonds is 6. The molecule has 1 N–H and O–H groups in total. The van der Waals surface area contributed by atoms with Gasteiger partial charge in [-0.05, 0) is 51.8 Å². The summed E-state index contributed by atoms with van der Waals surface area (Å²) in [6.45, 7) is 8.42. The summed E-state index contributed by atoms with van der Waals surface area (Å²) in [7, 11) is 1.74. The Hall–Kier alpha value is -1.33. The van der Waals surface area contributed by atoms with Crippen LogP contribution in [0.15, 0.2) is 10.5 Å². The molecule has 1 aliphatic heterocycles. The first-order valence-electron chi connectivity index (χ1n) is 7.66. The lowest BCUT2D eigenvalue weighted by Gasteiger charge is -2.31. The van der Waals surface area contributed by atoms with Gasteiger partial charge in [0.2, 0.25) is 0 Å². The molecule has 0 saturated carbocycles. The number of carbonyl (C=O) groups is 1. The van der Waals surface area contributed by atoms with Crippen molar-refractivity contribution in [2.75, 3.05) is 39.9 Å². The molecule has 0 aromatic carbocycles. The number of nitrogens with one attached hydrogen (secondary N) is 1. The molecule has 21 heavy (non-hydrogen) atoms. The van der Waals surface area contributed by atoms with Crippen molar-refractivity contribution in [1.82, 2.24) is 10.2 Å². The monoisotopic (exact) mass is 294 g/mol. The fraction of sp³-hybridized carbons (Fsp3) is 0.688. The number of piperidine rings is 1. The van der Waals surface area contributed by atoms with Gasteiger partial charge < -0.3 is 19.4 Å². The van der Waals surface area contributed by atoms with E-state index in [-0.39, 0.29) is 5.91 Å². The molecule has 1 amide bonds. The first-order chi connectivity index (χ1) is 10.1. The average Bonchev–Trinajstić information content (AvgIpc) is 2.82. The summed E-state index contributed by atoms with van der Waals surface area (Å²) in [6, 6.07) is 1.80. The summed E-state index contributed by atoms with van der Waals surface area (Å²) in [5, 5.41) is 3.04. The van der Waals surface area contributed by atoms with E-state index in [1.54, 1.807) is 13.2 Å². The van der Waals surface area contributed by atoms with E-state index in [9.17, 15) is 4.79 Å². The molecule has 5 nitrogen and oxygen atoms in total. The number of likely N-dealkylation sites (tertiary alicyclic amines) is 1. The second-order valence-corrected chi connectivity index (χ2v) is 5.81. The van der Waals surface area contributed by atoms with Crippen LogP contribution in [0.25, 0.3) is 0 Å². The summed E-state index contributed by atoms with van der Waals surface area (Å²) in [4.78, 5) is 14.6. The maximum Gasteiger partial charge on any atom is 0.254 e. The molecule has 2 heterocycles. The van der Waals surface area contributed by atoms with Gasteiger partial charge in [0, 0.05) is 20.2 Å².